The van der Waals surface area contributed by atoms with Crippen molar-refractivity contribution in [2.45, 2.75) is 70.1 Å². The van der Waals surface area contributed by atoms with Crippen LogP contribution in [0.2, 0.25) is 0 Å². The second kappa shape index (κ2) is 8.08. The standard InChI is InChI=1S/C18H31N3O2/c1-18(2,3)13-8-17(11-20-9-13)23-12-14(19)10-21-15-4-6-16(22)7-5-15/h8-9,11,14-16,21-22H,4-7,10,12,19H2,1-3H3/t14-,15?,16?/m0/s1. The van der Waals surface area contributed by atoms with E-state index in [0.717, 1.165) is 43.5 Å². The summed E-state index contributed by atoms with van der Waals surface area (Å²) in [6.45, 7) is 7.67. The summed E-state index contributed by atoms with van der Waals surface area (Å²) in [5.41, 5.74) is 7.34. The summed E-state index contributed by atoms with van der Waals surface area (Å²) in [6.07, 6.45) is 7.30. The van der Waals surface area contributed by atoms with Gasteiger partial charge in [-0.2, -0.15) is 0 Å². The zero-order valence-corrected chi connectivity index (χ0v) is 14.6. The van der Waals surface area contributed by atoms with Crippen LogP contribution >= 0.6 is 0 Å². The zero-order valence-electron chi connectivity index (χ0n) is 14.6. The first-order valence-corrected chi connectivity index (χ1v) is 8.60. The normalized spacial score (nSPS) is 23.5. The van der Waals surface area contributed by atoms with E-state index in [2.05, 4.69) is 31.1 Å². The average molecular weight is 321 g/mol. The monoisotopic (exact) mass is 321 g/mol. The number of aromatic nitrogens is 1. The maximum atomic E-state index is 9.52. The highest BCUT2D eigenvalue weighted by Gasteiger charge is 2.19. The highest BCUT2D eigenvalue weighted by atomic mass is 16.5. The van der Waals surface area contributed by atoms with E-state index in [4.69, 9.17) is 10.5 Å². The third-order valence-corrected chi connectivity index (χ3v) is 4.41. The van der Waals surface area contributed by atoms with E-state index >= 15 is 0 Å². The molecule has 1 fully saturated rings. The van der Waals surface area contributed by atoms with Crippen LogP contribution in [0.1, 0.15) is 52.0 Å². The first-order chi connectivity index (χ1) is 10.8. The summed E-state index contributed by atoms with van der Waals surface area (Å²) in [4.78, 5) is 4.25. The molecule has 0 saturated heterocycles. The number of nitrogens with two attached hydrogens (primary N) is 1. The third kappa shape index (κ3) is 6.09. The smallest absolute Gasteiger partial charge is 0.137 e. The highest BCUT2D eigenvalue weighted by molar-refractivity contribution is 5.28. The van der Waals surface area contributed by atoms with Crippen molar-refractivity contribution in [3.63, 3.8) is 0 Å². The molecule has 0 bridgehead atoms. The Balaban J connectivity index is 1.73. The Morgan fingerprint density at radius 3 is 2.65 bits per heavy atom. The van der Waals surface area contributed by atoms with Crippen LogP contribution < -0.4 is 15.8 Å². The van der Waals surface area contributed by atoms with E-state index in [0.29, 0.717) is 12.6 Å². The predicted octanol–water partition coefficient (Wildman–Crippen LogP) is 1.98. The van der Waals surface area contributed by atoms with Crippen LogP contribution in [0.3, 0.4) is 0 Å². The first kappa shape index (κ1) is 18.2. The third-order valence-electron chi connectivity index (χ3n) is 4.41. The van der Waals surface area contributed by atoms with Gasteiger partial charge in [0, 0.05) is 18.8 Å². The van der Waals surface area contributed by atoms with Gasteiger partial charge in [0.1, 0.15) is 12.4 Å². The molecule has 5 nitrogen and oxygen atoms in total. The number of nitrogens with one attached hydrogen (secondary N) is 1. The molecule has 0 aliphatic heterocycles. The van der Waals surface area contributed by atoms with E-state index in [-0.39, 0.29) is 17.6 Å². The zero-order chi connectivity index (χ0) is 16.9. The van der Waals surface area contributed by atoms with Gasteiger partial charge in [-0.05, 0) is 42.7 Å². The lowest BCUT2D eigenvalue weighted by Crippen LogP contribution is -2.44. The molecule has 0 unspecified atom stereocenters. The lowest BCUT2D eigenvalue weighted by molar-refractivity contribution is 0.116. The van der Waals surface area contributed by atoms with Crippen molar-refractivity contribution < 1.29 is 9.84 Å². The number of rotatable bonds is 6. The van der Waals surface area contributed by atoms with Crippen LogP contribution in [-0.2, 0) is 5.41 Å². The predicted molar refractivity (Wildman–Crippen MR) is 92.7 cm³/mol. The Hall–Kier alpha value is -1.17. The van der Waals surface area contributed by atoms with Crippen molar-refractivity contribution in [1.29, 1.82) is 0 Å². The fourth-order valence-electron chi connectivity index (χ4n) is 2.77. The van der Waals surface area contributed by atoms with Gasteiger partial charge in [0.15, 0.2) is 0 Å². The Bertz CT molecular complexity index is 479. The Labute approximate surface area is 139 Å². The van der Waals surface area contributed by atoms with Crippen molar-refractivity contribution in [2.24, 2.45) is 5.73 Å². The topological polar surface area (TPSA) is 80.4 Å². The number of aliphatic hydroxyl groups is 1. The van der Waals surface area contributed by atoms with Crippen molar-refractivity contribution >= 4 is 0 Å². The van der Waals surface area contributed by atoms with E-state index < -0.39 is 0 Å². The number of hydrogen-bond donors (Lipinski definition) is 3. The minimum Gasteiger partial charge on any atom is -0.490 e. The molecular weight excluding hydrogens is 290 g/mol. The van der Waals surface area contributed by atoms with Gasteiger partial charge < -0.3 is 20.9 Å². The molecule has 0 spiro atoms. The highest BCUT2D eigenvalue weighted by Crippen LogP contribution is 2.24. The van der Waals surface area contributed by atoms with Gasteiger partial charge in [-0.25, -0.2) is 0 Å². The molecule has 2 rings (SSSR count). The largest absolute Gasteiger partial charge is 0.490 e. The van der Waals surface area contributed by atoms with E-state index in [1.165, 1.54) is 0 Å². The quantitative estimate of drug-likeness (QED) is 0.746. The summed E-state index contributed by atoms with van der Waals surface area (Å²) in [5, 5.41) is 13.0. The van der Waals surface area contributed by atoms with E-state index in [1.807, 2.05) is 12.3 Å². The molecule has 0 amide bonds. The van der Waals surface area contributed by atoms with Crippen molar-refractivity contribution in [3.05, 3.63) is 24.0 Å². The molecule has 1 aliphatic rings. The Morgan fingerprint density at radius 2 is 2.00 bits per heavy atom. The van der Waals surface area contributed by atoms with Gasteiger partial charge in [0.2, 0.25) is 0 Å². The van der Waals surface area contributed by atoms with Crippen molar-refractivity contribution in [1.82, 2.24) is 10.3 Å². The Morgan fingerprint density at radius 1 is 1.30 bits per heavy atom. The number of pyridine rings is 1. The molecule has 23 heavy (non-hydrogen) atoms. The van der Waals surface area contributed by atoms with Gasteiger partial charge in [-0.1, -0.05) is 20.8 Å². The minimum atomic E-state index is -0.118. The lowest BCUT2D eigenvalue weighted by atomic mass is 9.88. The van der Waals surface area contributed by atoms with E-state index in [9.17, 15) is 5.11 Å². The van der Waals surface area contributed by atoms with Gasteiger partial charge in [0.05, 0.1) is 18.3 Å². The lowest BCUT2D eigenvalue weighted by Gasteiger charge is -2.27. The molecule has 1 aromatic heterocycles. The molecular formula is C18H31N3O2. The van der Waals surface area contributed by atoms with Gasteiger partial charge in [0.25, 0.3) is 0 Å². The van der Waals surface area contributed by atoms with Crippen LogP contribution in [0.5, 0.6) is 5.75 Å². The van der Waals surface area contributed by atoms with E-state index in [1.54, 1.807) is 6.20 Å². The van der Waals surface area contributed by atoms with Crippen LogP contribution in [-0.4, -0.2) is 41.4 Å². The second-order valence-electron chi connectivity index (χ2n) is 7.64. The average Bonchev–Trinajstić information content (AvgIpc) is 2.52. The molecule has 1 heterocycles. The Kier molecular flexibility index (Phi) is 6.39. The summed E-state index contributed by atoms with van der Waals surface area (Å²) in [6, 6.07) is 2.45. The van der Waals surface area contributed by atoms with Gasteiger partial charge in [-0.15, -0.1) is 0 Å². The minimum absolute atomic E-state index is 0.0554. The van der Waals surface area contributed by atoms with Crippen molar-refractivity contribution in [3.8, 4) is 5.75 Å². The molecule has 1 atom stereocenters. The molecule has 1 aliphatic carbocycles. The summed E-state index contributed by atoms with van der Waals surface area (Å²) >= 11 is 0. The van der Waals surface area contributed by atoms with Crippen LogP contribution in [0.25, 0.3) is 0 Å². The molecule has 0 radical (unpaired) electrons. The summed E-state index contributed by atoms with van der Waals surface area (Å²) < 4.78 is 5.79. The second-order valence-corrected chi connectivity index (χ2v) is 7.64. The molecule has 4 N–H and O–H groups in total. The first-order valence-electron chi connectivity index (χ1n) is 8.60. The summed E-state index contributed by atoms with van der Waals surface area (Å²) in [5.74, 6) is 0.772. The molecule has 1 saturated carbocycles. The summed E-state index contributed by atoms with van der Waals surface area (Å²) in [7, 11) is 0. The molecule has 5 heteroatoms. The maximum Gasteiger partial charge on any atom is 0.137 e. The molecule has 1 aromatic rings. The fraction of sp³-hybridized carbons (Fsp3) is 0.722. The number of aliphatic hydroxyl groups excluding tert-OH is 1. The number of hydrogen-bond acceptors (Lipinski definition) is 5. The van der Waals surface area contributed by atoms with Crippen LogP contribution in [0, 0.1) is 0 Å². The fourth-order valence-corrected chi connectivity index (χ4v) is 2.77. The SMILES string of the molecule is CC(C)(C)c1cncc(OC[C@@H](N)CNC2CCC(O)CC2)c1. The van der Waals surface area contributed by atoms with Crippen LogP contribution in [0.15, 0.2) is 18.5 Å². The van der Waals surface area contributed by atoms with Gasteiger partial charge >= 0.3 is 0 Å². The maximum absolute atomic E-state index is 9.52. The number of ether oxygens (including phenoxy) is 1. The van der Waals surface area contributed by atoms with Gasteiger partial charge in [-0.3, -0.25) is 4.98 Å². The number of nitrogens with zero attached hydrogens (tertiary/aromatic N) is 1. The van der Waals surface area contributed by atoms with Crippen molar-refractivity contribution in [2.75, 3.05) is 13.2 Å². The van der Waals surface area contributed by atoms with Crippen LogP contribution in [0.4, 0.5) is 0 Å². The molecule has 0 aromatic carbocycles. The molecule has 130 valence electrons.